The lowest BCUT2D eigenvalue weighted by atomic mass is 10.0. The second kappa shape index (κ2) is 4.01. The molecular weight excluding hydrogens is 253 g/mol. The minimum absolute atomic E-state index is 0.150. The van der Waals surface area contributed by atoms with Gasteiger partial charge in [0.2, 0.25) is 0 Å². The third-order valence-corrected chi connectivity index (χ3v) is 4.53. The number of hydrogen-bond acceptors (Lipinski definition) is 2. The molecule has 2 aromatic rings. The molecule has 0 saturated heterocycles. The van der Waals surface area contributed by atoms with Gasteiger partial charge < -0.3 is 14.8 Å². The molecule has 2 aliphatic rings. The smallest absolute Gasteiger partial charge is 0.123 e. The number of benzene rings is 1. The fourth-order valence-corrected chi connectivity index (χ4v) is 3.60. The quantitative estimate of drug-likeness (QED) is 0.860. The summed E-state index contributed by atoms with van der Waals surface area (Å²) in [6, 6.07) is 5.15. The minimum atomic E-state index is -0.150. The van der Waals surface area contributed by atoms with Crippen molar-refractivity contribution in [1.29, 1.82) is 0 Å². The van der Waals surface area contributed by atoms with Gasteiger partial charge in [0.05, 0.1) is 17.6 Å². The van der Waals surface area contributed by atoms with Crippen LogP contribution in [-0.4, -0.2) is 22.2 Å². The van der Waals surface area contributed by atoms with Crippen LogP contribution >= 0.6 is 0 Å². The molecule has 0 aliphatic carbocycles. The summed E-state index contributed by atoms with van der Waals surface area (Å²) < 4.78 is 15.9. The fraction of sp³-hybridized carbons (Fsp3) is 0.375. The molecule has 0 radical (unpaired) electrons. The minimum Gasteiger partial charge on any atom is -0.370 e. The summed E-state index contributed by atoms with van der Waals surface area (Å²) in [6.45, 7) is 6.21. The maximum atomic E-state index is 13.6. The Kier molecular flexibility index (Phi) is 2.37. The molecule has 0 amide bonds. The van der Waals surface area contributed by atoms with Crippen molar-refractivity contribution in [2.75, 3.05) is 6.54 Å². The molecule has 4 heteroatoms. The fourth-order valence-electron chi connectivity index (χ4n) is 3.60. The van der Waals surface area contributed by atoms with E-state index in [0.29, 0.717) is 6.17 Å². The van der Waals surface area contributed by atoms with Gasteiger partial charge in [0.1, 0.15) is 5.82 Å². The summed E-state index contributed by atoms with van der Waals surface area (Å²) in [6.07, 6.45) is 3.42. The molecule has 1 aromatic carbocycles. The Hall–Kier alpha value is -1.97. The number of halogens is 1. The highest BCUT2D eigenvalue weighted by molar-refractivity contribution is 5.91. The number of nitrogens with one attached hydrogen (secondary N) is 1. The van der Waals surface area contributed by atoms with Crippen LogP contribution in [0.3, 0.4) is 0 Å². The number of aryl methyl sites for hydroxylation is 1. The SMILES string of the molecule is CCn1c2c(c3cc(F)ccc31)CCN1C2=CNC1C. The average Bonchev–Trinajstić information content (AvgIpc) is 2.97. The van der Waals surface area contributed by atoms with Crippen LogP contribution in [0.4, 0.5) is 4.39 Å². The van der Waals surface area contributed by atoms with Crippen molar-refractivity contribution in [3.63, 3.8) is 0 Å². The summed E-state index contributed by atoms with van der Waals surface area (Å²) in [4.78, 5) is 2.39. The first-order valence-electron chi connectivity index (χ1n) is 7.24. The van der Waals surface area contributed by atoms with Crippen LogP contribution in [0.15, 0.2) is 24.4 Å². The van der Waals surface area contributed by atoms with E-state index in [1.807, 2.05) is 6.07 Å². The van der Waals surface area contributed by atoms with E-state index in [-0.39, 0.29) is 5.82 Å². The summed E-state index contributed by atoms with van der Waals surface area (Å²) in [5.74, 6) is -0.150. The van der Waals surface area contributed by atoms with Crippen molar-refractivity contribution in [3.05, 3.63) is 41.5 Å². The monoisotopic (exact) mass is 271 g/mol. The highest BCUT2D eigenvalue weighted by Gasteiger charge is 2.32. The number of nitrogens with zero attached hydrogens (tertiary/aromatic N) is 2. The van der Waals surface area contributed by atoms with E-state index >= 15 is 0 Å². The molecule has 3 heterocycles. The van der Waals surface area contributed by atoms with E-state index in [1.54, 1.807) is 12.1 Å². The standard InChI is InChI=1S/C16H18FN3/c1-3-19-14-5-4-11(17)8-13(14)12-6-7-20-10(2)18-9-15(20)16(12)19/h4-5,8-10,18H,3,6-7H2,1-2H3. The zero-order valence-corrected chi connectivity index (χ0v) is 11.8. The number of aromatic nitrogens is 1. The Labute approximate surface area is 117 Å². The Morgan fingerprint density at radius 3 is 3.05 bits per heavy atom. The van der Waals surface area contributed by atoms with Crippen molar-refractivity contribution in [1.82, 2.24) is 14.8 Å². The maximum absolute atomic E-state index is 13.6. The Morgan fingerprint density at radius 1 is 1.40 bits per heavy atom. The van der Waals surface area contributed by atoms with Crippen LogP contribution in [-0.2, 0) is 13.0 Å². The van der Waals surface area contributed by atoms with E-state index in [9.17, 15) is 4.39 Å². The number of rotatable bonds is 1. The van der Waals surface area contributed by atoms with Crippen molar-refractivity contribution in [3.8, 4) is 0 Å². The van der Waals surface area contributed by atoms with Crippen LogP contribution in [0, 0.1) is 5.82 Å². The van der Waals surface area contributed by atoms with Gasteiger partial charge >= 0.3 is 0 Å². The summed E-state index contributed by atoms with van der Waals surface area (Å²) in [7, 11) is 0. The highest BCUT2D eigenvalue weighted by Crippen LogP contribution is 2.38. The molecule has 1 unspecified atom stereocenters. The molecule has 0 bridgehead atoms. The van der Waals surface area contributed by atoms with Crippen molar-refractivity contribution in [2.45, 2.75) is 33.0 Å². The molecule has 1 N–H and O–H groups in total. The van der Waals surface area contributed by atoms with Crippen molar-refractivity contribution in [2.24, 2.45) is 0 Å². The molecule has 4 rings (SSSR count). The Morgan fingerprint density at radius 2 is 2.25 bits per heavy atom. The Balaban J connectivity index is 2.04. The third kappa shape index (κ3) is 1.39. The van der Waals surface area contributed by atoms with Gasteiger partial charge in [-0.15, -0.1) is 0 Å². The Bertz CT molecular complexity index is 729. The molecule has 20 heavy (non-hydrogen) atoms. The van der Waals surface area contributed by atoms with Crippen LogP contribution < -0.4 is 5.32 Å². The largest absolute Gasteiger partial charge is 0.370 e. The van der Waals surface area contributed by atoms with E-state index < -0.39 is 0 Å². The predicted molar refractivity (Wildman–Crippen MR) is 78.6 cm³/mol. The summed E-state index contributed by atoms with van der Waals surface area (Å²) >= 11 is 0. The first kappa shape index (κ1) is 11.8. The van der Waals surface area contributed by atoms with Gasteiger partial charge in [0.25, 0.3) is 0 Å². The first-order valence-corrected chi connectivity index (χ1v) is 7.24. The molecule has 0 saturated carbocycles. The number of fused-ring (bicyclic) bond motifs is 5. The summed E-state index contributed by atoms with van der Waals surface area (Å²) in [5.41, 5.74) is 4.94. The van der Waals surface area contributed by atoms with Crippen LogP contribution in [0.1, 0.15) is 25.1 Å². The van der Waals surface area contributed by atoms with E-state index in [1.165, 1.54) is 17.0 Å². The average molecular weight is 271 g/mol. The van der Waals surface area contributed by atoms with Crippen LogP contribution in [0.2, 0.25) is 0 Å². The lowest BCUT2D eigenvalue weighted by Crippen LogP contribution is -2.37. The van der Waals surface area contributed by atoms with E-state index in [2.05, 4.69) is 34.8 Å². The third-order valence-electron chi connectivity index (χ3n) is 4.53. The maximum Gasteiger partial charge on any atom is 0.123 e. The predicted octanol–water partition coefficient (Wildman–Crippen LogP) is 2.91. The van der Waals surface area contributed by atoms with Gasteiger partial charge in [-0.2, -0.15) is 0 Å². The molecule has 1 atom stereocenters. The van der Waals surface area contributed by atoms with Gasteiger partial charge in [-0.05, 0) is 44.0 Å². The van der Waals surface area contributed by atoms with Gasteiger partial charge in [0.15, 0.2) is 0 Å². The molecule has 3 nitrogen and oxygen atoms in total. The number of hydrogen-bond donors (Lipinski definition) is 1. The van der Waals surface area contributed by atoms with Gasteiger partial charge in [-0.1, -0.05) is 0 Å². The second-order valence-electron chi connectivity index (χ2n) is 5.55. The highest BCUT2D eigenvalue weighted by atomic mass is 19.1. The zero-order chi connectivity index (χ0) is 13.9. The van der Waals surface area contributed by atoms with E-state index in [0.717, 1.165) is 30.4 Å². The normalized spacial score (nSPS) is 20.6. The van der Waals surface area contributed by atoms with Crippen molar-refractivity contribution < 1.29 is 4.39 Å². The zero-order valence-electron chi connectivity index (χ0n) is 11.8. The lowest BCUT2D eigenvalue weighted by Gasteiger charge is -2.31. The van der Waals surface area contributed by atoms with Crippen LogP contribution in [0.25, 0.3) is 16.6 Å². The molecule has 104 valence electrons. The van der Waals surface area contributed by atoms with Gasteiger partial charge in [-0.25, -0.2) is 4.39 Å². The van der Waals surface area contributed by atoms with Crippen LogP contribution in [0.5, 0.6) is 0 Å². The topological polar surface area (TPSA) is 20.2 Å². The van der Waals surface area contributed by atoms with Gasteiger partial charge in [0, 0.05) is 30.2 Å². The molecule has 2 aliphatic heterocycles. The molecular formula is C16H18FN3. The molecule has 0 spiro atoms. The molecule has 1 aromatic heterocycles. The van der Waals surface area contributed by atoms with Gasteiger partial charge in [-0.3, -0.25) is 0 Å². The first-order chi connectivity index (χ1) is 9.70. The molecule has 0 fully saturated rings. The summed E-state index contributed by atoms with van der Waals surface area (Å²) in [5, 5.41) is 4.46. The van der Waals surface area contributed by atoms with Crippen molar-refractivity contribution >= 4 is 16.6 Å². The van der Waals surface area contributed by atoms with E-state index in [4.69, 9.17) is 0 Å². The lowest BCUT2D eigenvalue weighted by molar-refractivity contribution is 0.307. The second-order valence-corrected chi connectivity index (χ2v) is 5.55.